The first-order chi connectivity index (χ1) is 19.3. The van der Waals surface area contributed by atoms with Gasteiger partial charge in [-0.15, -0.1) is 0 Å². The van der Waals surface area contributed by atoms with Crippen LogP contribution in [-0.4, -0.2) is 44.7 Å². The number of halogens is 3. The zero-order valence-electron chi connectivity index (χ0n) is 22.1. The maximum atomic E-state index is 13.4. The van der Waals surface area contributed by atoms with Crippen molar-refractivity contribution in [2.24, 2.45) is 7.05 Å². The zero-order valence-corrected chi connectivity index (χ0v) is 22.1. The second-order valence-electron chi connectivity index (χ2n) is 9.27. The molecule has 13 nitrogen and oxygen atoms in total. The van der Waals surface area contributed by atoms with Gasteiger partial charge in [-0.1, -0.05) is 5.16 Å². The molecule has 0 saturated heterocycles. The second kappa shape index (κ2) is 10.1. The average molecular weight is 570 g/mol. The predicted octanol–water partition coefficient (Wildman–Crippen LogP) is 2.62. The Morgan fingerprint density at radius 3 is 2.59 bits per heavy atom. The summed E-state index contributed by atoms with van der Waals surface area (Å²) in [7, 11) is 1.45. The third-order valence-electron chi connectivity index (χ3n) is 6.41. The summed E-state index contributed by atoms with van der Waals surface area (Å²) in [6.45, 7) is 4.27. The standard InChI is InChI=1S/C25H22F3N9O4/c1-12-7-16(34-41-12)10-36-23(39)19-21(35(4)24(36)40)31-11-37(19)14(3)22(38)33-18-5-6-29-20(32-18)15-8-17(25(26,27)28)13(2)30-9-15/h5-9,11,14H,10H2,1-4H3,(H,29,32,33,38)/t14-/m0/s1. The molecule has 5 aromatic rings. The SMILES string of the molecule is Cc1cc(Cn2c(=O)c3c(ncn3[C@@H](C)C(=O)Nc3ccnc(-c4cnc(C)c(C(F)(F)F)c4)n3)n(C)c2=O)no1. The molecule has 0 aliphatic carbocycles. The average Bonchev–Trinajstić information content (AvgIpc) is 3.55. The first kappa shape index (κ1) is 27.4. The maximum absolute atomic E-state index is 13.4. The summed E-state index contributed by atoms with van der Waals surface area (Å²) in [5.41, 5.74) is -1.98. The van der Waals surface area contributed by atoms with Crippen LogP contribution < -0.4 is 16.6 Å². The van der Waals surface area contributed by atoms with Crippen molar-refractivity contribution in [1.82, 2.24) is 38.8 Å². The van der Waals surface area contributed by atoms with E-state index < -0.39 is 34.9 Å². The third kappa shape index (κ3) is 5.10. The molecule has 0 aromatic carbocycles. The molecule has 0 unspecified atom stereocenters. The van der Waals surface area contributed by atoms with Crippen molar-refractivity contribution >= 4 is 22.9 Å². The minimum Gasteiger partial charge on any atom is -0.361 e. The molecule has 0 bridgehead atoms. The van der Waals surface area contributed by atoms with E-state index in [9.17, 15) is 27.6 Å². The number of nitrogens with zero attached hydrogens (tertiary/aromatic N) is 8. The molecule has 0 spiro atoms. The minimum atomic E-state index is -4.61. The van der Waals surface area contributed by atoms with Crippen LogP contribution in [0, 0.1) is 13.8 Å². The molecule has 5 aromatic heterocycles. The number of rotatable bonds is 6. The van der Waals surface area contributed by atoms with E-state index >= 15 is 0 Å². The Morgan fingerprint density at radius 1 is 1.15 bits per heavy atom. The lowest BCUT2D eigenvalue weighted by atomic mass is 10.1. The van der Waals surface area contributed by atoms with Crippen LogP contribution >= 0.6 is 0 Å². The van der Waals surface area contributed by atoms with Crippen LogP contribution in [0.15, 0.2) is 51.0 Å². The van der Waals surface area contributed by atoms with Crippen molar-refractivity contribution < 1.29 is 22.5 Å². The van der Waals surface area contributed by atoms with Gasteiger partial charge in [0.1, 0.15) is 23.3 Å². The summed E-state index contributed by atoms with van der Waals surface area (Å²) < 4.78 is 48.5. The summed E-state index contributed by atoms with van der Waals surface area (Å²) in [5.74, 6) is -0.174. The lowest BCUT2D eigenvalue weighted by molar-refractivity contribution is -0.138. The topological polar surface area (TPSA) is 156 Å². The van der Waals surface area contributed by atoms with Crippen LogP contribution in [0.5, 0.6) is 0 Å². The van der Waals surface area contributed by atoms with Crippen LogP contribution in [0.4, 0.5) is 19.0 Å². The molecule has 0 aliphatic heterocycles. The van der Waals surface area contributed by atoms with Crippen molar-refractivity contribution in [3.63, 3.8) is 0 Å². The van der Waals surface area contributed by atoms with E-state index in [2.05, 4.69) is 30.4 Å². The highest BCUT2D eigenvalue weighted by Crippen LogP contribution is 2.33. The zero-order chi connectivity index (χ0) is 29.6. The number of amides is 1. The number of nitrogens with one attached hydrogen (secondary N) is 1. The highest BCUT2D eigenvalue weighted by Gasteiger charge is 2.33. The van der Waals surface area contributed by atoms with Crippen LogP contribution in [0.2, 0.25) is 0 Å². The maximum Gasteiger partial charge on any atom is 0.418 e. The summed E-state index contributed by atoms with van der Waals surface area (Å²) in [6, 6.07) is 2.84. The normalized spacial score (nSPS) is 12.6. The smallest absolute Gasteiger partial charge is 0.361 e. The van der Waals surface area contributed by atoms with Crippen molar-refractivity contribution in [2.45, 2.75) is 39.5 Å². The first-order valence-corrected chi connectivity index (χ1v) is 12.1. The van der Waals surface area contributed by atoms with Gasteiger partial charge in [0.05, 0.1) is 18.4 Å². The Balaban J connectivity index is 1.45. The summed E-state index contributed by atoms with van der Waals surface area (Å²) in [6.07, 6.45) is -0.857. The molecule has 212 valence electrons. The van der Waals surface area contributed by atoms with Crippen LogP contribution in [0.1, 0.15) is 35.7 Å². The molecule has 1 amide bonds. The number of aromatic nitrogens is 8. The molecule has 5 rings (SSSR count). The summed E-state index contributed by atoms with van der Waals surface area (Å²) in [4.78, 5) is 55.6. The number of aryl methyl sites for hydroxylation is 3. The fourth-order valence-corrected chi connectivity index (χ4v) is 4.24. The van der Waals surface area contributed by atoms with Crippen molar-refractivity contribution in [1.29, 1.82) is 0 Å². The Hall–Kier alpha value is -5.15. The van der Waals surface area contributed by atoms with E-state index in [0.717, 1.165) is 10.6 Å². The number of anilines is 1. The van der Waals surface area contributed by atoms with E-state index in [4.69, 9.17) is 4.52 Å². The van der Waals surface area contributed by atoms with Gasteiger partial charge in [-0.2, -0.15) is 13.2 Å². The largest absolute Gasteiger partial charge is 0.418 e. The number of carbonyl (C=O) groups excluding carboxylic acids is 1. The molecule has 0 saturated carbocycles. The highest BCUT2D eigenvalue weighted by atomic mass is 19.4. The van der Waals surface area contributed by atoms with Crippen LogP contribution in [-0.2, 0) is 24.6 Å². The van der Waals surface area contributed by atoms with E-state index in [-0.39, 0.29) is 40.6 Å². The Kier molecular flexibility index (Phi) is 6.76. The molecule has 0 fully saturated rings. The van der Waals surface area contributed by atoms with E-state index in [0.29, 0.717) is 11.5 Å². The van der Waals surface area contributed by atoms with Crippen molar-refractivity contribution in [3.8, 4) is 11.4 Å². The highest BCUT2D eigenvalue weighted by molar-refractivity contribution is 5.93. The third-order valence-corrected chi connectivity index (χ3v) is 6.41. The van der Waals surface area contributed by atoms with E-state index in [1.54, 1.807) is 13.0 Å². The van der Waals surface area contributed by atoms with Gasteiger partial charge in [-0.3, -0.25) is 23.7 Å². The molecule has 41 heavy (non-hydrogen) atoms. The van der Waals surface area contributed by atoms with Gasteiger partial charge in [0.25, 0.3) is 5.56 Å². The number of alkyl halides is 3. The molecular weight excluding hydrogens is 547 g/mol. The second-order valence-corrected chi connectivity index (χ2v) is 9.27. The quantitative estimate of drug-likeness (QED) is 0.325. The Bertz CT molecular complexity index is 1920. The number of hydrogen-bond donors (Lipinski definition) is 1. The number of pyridine rings is 1. The summed E-state index contributed by atoms with van der Waals surface area (Å²) in [5, 5.41) is 6.41. The summed E-state index contributed by atoms with van der Waals surface area (Å²) >= 11 is 0. The molecular formula is C25H22F3N9O4. The van der Waals surface area contributed by atoms with Gasteiger partial charge >= 0.3 is 11.9 Å². The first-order valence-electron chi connectivity index (χ1n) is 12.1. The Morgan fingerprint density at radius 2 is 1.90 bits per heavy atom. The fourth-order valence-electron chi connectivity index (χ4n) is 4.24. The molecule has 0 radical (unpaired) electrons. The van der Waals surface area contributed by atoms with Gasteiger partial charge in [0, 0.05) is 36.8 Å². The van der Waals surface area contributed by atoms with Gasteiger partial charge < -0.3 is 14.4 Å². The van der Waals surface area contributed by atoms with E-state index in [1.165, 1.54) is 54.8 Å². The molecule has 1 atom stereocenters. The number of hydrogen-bond acceptors (Lipinski definition) is 9. The number of imidazole rings is 1. The van der Waals surface area contributed by atoms with Gasteiger partial charge in [-0.05, 0) is 32.9 Å². The predicted molar refractivity (Wildman–Crippen MR) is 138 cm³/mol. The molecule has 0 aliphatic rings. The van der Waals surface area contributed by atoms with Gasteiger partial charge in [0.15, 0.2) is 17.0 Å². The van der Waals surface area contributed by atoms with Gasteiger partial charge in [0.2, 0.25) is 5.91 Å². The fraction of sp³-hybridized carbons (Fsp3) is 0.280. The minimum absolute atomic E-state index is 0.00348. The molecule has 16 heteroatoms. The van der Waals surface area contributed by atoms with Crippen LogP contribution in [0.25, 0.3) is 22.6 Å². The number of carbonyl (C=O) groups is 1. The van der Waals surface area contributed by atoms with Crippen molar-refractivity contribution in [2.75, 3.05) is 5.32 Å². The van der Waals surface area contributed by atoms with E-state index in [1.807, 2.05) is 0 Å². The lowest BCUT2D eigenvalue weighted by Gasteiger charge is -2.15. The molecule has 5 heterocycles. The molecule has 1 N–H and O–H groups in total. The van der Waals surface area contributed by atoms with Gasteiger partial charge in [-0.25, -0.2) is 19.7 Å². The Labute approximate surface area is 228 Å². The van der Waals surface area contributed by atoms with Crippen LogP contribution in [0.3, 0.4) is 0 Å². The monoisotopic (exact) mass is 569 g/mol. The lowest BCUT2D eigenvalue weighted by Crippen LogP contribution is -2.40. The van der Waals surface area contributed by atoms with Crippen molar-refractivity contribution in [3.05, 3.63) is 80.5 Å². The number of fused-ring (bicyclic) bond motifs is 1.